The van der Waals surface area contributed by atoms with Crippen molar-refractivity contribution in [2.24, 2.45) is 5.92 Å². The van der Waals surface area contributed by atoms with Crippen molar-refractivity contribution < 1.29 is 17.1 Å². The van der Waals surface area contributed by atoms with E-state index in [4.69, 9.17) is 0 Å². The van der Waals surface area contributed by atoms with Crippen molar-refractivity contribution in [1.82, 2.24) is 0 Å². The van der Waals surface area contributed by atoms with E-state index in [0.29, 0.717) is 0 Å². The van der Waals surface area contributed by atoms with Gasteiger partial charge in [0.2, 0.25) is 5.91 Å². The number of hydrogen-bond acceptors (Lipinski definition) is 3. The smallest absolute Gasteiger partial charge is 0.302 e. The van der Waals surface area contributed by atoms with Crippen LogP contribution in [0.1, 0.15) is 31.7 Å². The van der Waals surface area contributed by atoms with E-state index in [-0.39, 0.29) is 18.9 Å². The summed E-state index contributed by atoms with van der Waals surface area (Å²) in [5, 5.41) is 0. The van der Waals surface area contributed by atoms with Crippen LogP contribution in [-0.2, 0) is 21.4 Å². The third kappa shape index (κ3) is 4.52. The van der Waals surface area contributed by atoms with Crippen molar-refractivity contribution in [3.05, 3.63) is 29.8 Å². The Labute approximate surface area is 125 Å². The van der Waals surface area contributed by atoms with Crippen LogP contribution in [0.5, 0.6) is 0 Å². The highest BCUT2D eigenvalue weighted by molar-refractivity contribution is 7.86. The summed E-state index contributed by atoms with van der Waals surface area (Å²) < 4.78 is 34.1. The Bertz CT molecular complexity index is 598. The minimum absolute atomic E-state index is 0.0841. The van der Waals surface area contributed by atoms with Crippen LogP contribution < -0.4 is 4.90 Å². The van der Waals surface area contributed by atoms with E-state index in [2.05, 4.69) is 6.92 Å². The number of carbonyl (C=O) groups is 1. The summed E-state index contributed by atoms with van der Waals surface area (Å²) in [6.07, 6.45) is 3.35. The predicted molar refractivity (Wildman–Crippen MR) is 80.4 cm³/mol. The van der Waals surface area contributed by atoms with Crippen LogP contribution in [0.3, 0.4) is 0 Å². The molecular weight excluding hydrogens is 293 g/mol. The molecule has 1 aromatic rings. The summed E-state index contributed by atoms with van der Waals surface area (Å²) in [5.74, 6) is -1.19. The van der Waals surface area contributed by atoms with Crippen molar-refractivity contribution in [2.75, 3.05) is 17.2 Å². The second-order valence-corrected chi connectivity index (χ2v) is 6.96. The highest BCUT2D eigenvalue weighted by Gasteiger charge is 2.33. The van der Waals surface area contributed by atoms with Crippen LogP contribution in [0.2, 0.25) is 0 Å². The van der Waals surface area contributed by atoms with Crippen LogP contribution in [0.4, 0.5) is 9.57 Å². The normalized spacial score (nSPS) is 19.2. The second kappa shape index (κ2) is 6.56. The highest BCUT2D eigenvalue weighted by Crippen LogP contribution is 2.26. The lowest BCUT2D eigenvalue weighted by Crippen LogP contribution is -2.25. The van der Waals surface area contributed by atoms with Crippen molar-refractivity contribution in [1.29, 1.82) is 0 Å². The Balaban J connectivity index is 2.03. The SMILES string of the molecule is CCCCc1ccc(N2CC(CS(=O)(=O)F)CC2=O)cc1. The first kappa shape index (κ1) is 15.9. The van der Waals surface area contributed by atoms with E-state index in [1.807, 2.05) is 24.3 Å². The molecule has 1 saturated heterocycles. The second-order valence-electron chi connectivity index (χ2n) is 5.55. The number of anilines is 1. The summed E-state index contributed by atoms with van der Waals surface area (Å²) >= 11 is 0. The molecule has 0 bridgehead atoms. The predicted octanol–water partition coefficient (Wildman–Crippen LogP) is 2.68. The number of carbonyl (C=O) groups excluding carboxylic acids is 1. The molecule has 2 rings (SSSR count). The van der Waals surface area contributed by atoms with Crippen LogP contribution in [-0.4, -0.2) is 26.6 Å². The average molecular weight is 313 g/mol. The molecule has 0 spiro atoms. The first-order valence-electron chi connectivity index (χ1n) is 7.20. The van der Waals surface area contributed by atoms with Gasteiger partial charge >= 0.3 is 10.2 Å². The molecule has 0 saturated carbocycles. The molecule has 0 aromatic heterocycles. The van der Waals surface area contributed by atoms with Gasteiger partial charge in [-0.25, -0.2) is 0 Å². The van der Waals surface area contributed by atoms with Crippen LogP contribution in [0.25, 0.3) is 0 Å². The lowest BCUT2D eigenvalue weighted by molar-refractivity contribution is -0.117. The number of amides is 1. The summed E-state index contributed by atoms with van der Waals surface area (Å²) in [4.78, 5) is 13.5. The average Bonchev–Trinajstić information content (AvgIpc) is 2.75. The first-order valence-corrected chi connectivity index (χ1v) is 8.76. The van der Waals surface area contributed by atoms with Gasteiger partial charge in [-0.3, -0.25) is 4.79 Å². The van der Waals surface area contributed by atoms with E-state index in [9.17, 15) is 17.1 Å². The van der Waals surface area contributed by atoms with Gasteiger partial charge in [0.15, 0.2) is 0 Å². The molecule has 4 nitrogen and oxygen atoms in total. The van der Waals surface area contributed by atoms with Gasteiger partial charge in [0.1, 0.15) is 0 Å². The zero-order valence-electron chi connectivity index (χ0n) is 12.1. The summed E-state index contributed by atoms with van der Waals surface area (Å²) in [7, 11) is -4.53. The van der Waals surface area contributed by atoms with Gasteiger partial charge in [0, 0.05) is 24.6 Å². The third-order valence-electron chi connectivity index (χ3n) is 3.71. The molecular formula is C15H20FNO3S. The number of aryl methyl sites for hydroxylation is 1. The van der Waals surface area contributed by atoms with E-state index in [1.54, 1.807) is 4.90 Å². The largest absolute Gasteiger partial charge is 0.312 e. The Morgan fingerprint density at radius 1 is 1.29 bits per heavy atom. The van der Waals surface area contributed by atoms with E-state index in [0.717, 1.165) is 24.9 Å². The molecule has 1 aliphatic heterocycles. The molecule has 0 aliphatic carbocycles. The van der Waals surface area contributed by atoms with Gasteiger partial charge in [-0.1, -0.05) is 25.5 Å². The lowest BCUT2D eigenvalue weighted by Gasteiger charge is -2.17. The van der Waals surface area contributed by atoms with Gasteiger partial charge in [-0.15, -0.1) is 3.89 Å². The van der Waals surface area contributed by atoms with Crippen molar-refractivity contribution in [2.45, 2.75) is 32.6 Å². The van der Waals surface area contributed by atoms with Gasteiger partial charge in [0.05, 0.1) is 5.75 Å². The molecule has 1 unspecified atom stereocenters. The Kier molecular flexibility index (Phi) is 4.98. The fourth-order valence-electron chi connectivity index (χ4n) is 2.65. The number of hydrogen-bond donors (Lipinski definition) is 0. The minimum Gasteiger partial charge on any atom is -0.312 e. The number of benzene rings is 1. The highest BCUT2D eigenvalue weighted by atomic mass is 32.3. The summed E-state index contributed by atoms with van der Waals surface area (Å²) in [6, 6.07) is 7.71. The zero-order valence-corrected chi connectivity index (χ0v) is 12.9. The molecule has 0 N–H and O–H groups in total. The minimum atomic E-state index is -4.53. The molecule has 1 amide bonds. The van der Waals surface area contributed by atoms with Gasteiger partial charge < -0.3 is 4.90 Å². The van der Waals surface area contributed by atoms with E-state index < -0.39 is 21.9 Å². The maximum absolute atomic E-state index is 12.7. The maximum Gasteiger partial charge on any atom is 0.302 e. The third-order valence-corrected chi connectivity index (χ3v) is 4.58. The van der Waals surface area contributed by atoms with Crippen molar-refractivity contribution in [3.63, 3.8) is 0 Å². The molecule has 116 valence electrons. The molecule has 1 aliphatic rings. The monoisotopic (exact) mass is 313 g/mol. The van der Waals surface area contributed by atoms with Gasteiger partial charge in [-0.05, 0) is 30.5 Å². The quantitative estimate of drug-likeness (QED) is 0.759. The lowest BCUT2D eigenvalue weighted by atomic mass is 10.1. The number of nitrogens with zero attached hydrogens (tertiary/aromatic N) is 1. The molecule has 6 heteroatoms. The van der Waals surface area contributed by atoms with Crippen LogP contribution in [0.15, 0.2) is 24.3 Å². The molecule has 1 heterocycles. The fraction of sp³-hybridized carbons (Fsp3) is 0.533. The Morgan fingerprint density at radius 3 is 2.52 bits per heavy atom. The molecule has 1 atom stereocenters. The molecule has 1 fully saturated rings. The van der Waals surface area contributed by atoms with Crippen LogP contribution >= 0.6 is 0 Å². The van der Waals surface area contributed by atoms with Crippen LogP contribution in [0, 0.1) is 5.92 Å². The van der Waals surface area contributed by atoms with E-state index in [1.165, 1.54) is 5.56 Å². The Hall–Kier alpha value is -1.43. The molecule has 0 radical (unpaired) electrons. The van der Waals surface area contributed by atoms with Crippen molar-refractivity contribution >= 4 is 21.8 Å². The summed E-state index contributed by atoms with van der Waals surface area (Å²) in [5.41, 5.74) is 1.97. The number of rotatable bonds is 6. The van der Waals surface area contributed by atoms with Gasteiger partial charge in [0.25, 0.3) is 0 Å². The fourth-order valence-corrected chi connectivity index (χ4v) is 3.43. The molecule has 21 heavy (non-hydrogen) atoms. The topological polar surface area (TPSA) is 54.5 Å². The zero-order chi connectivity index (χ0) is 15.5. The first-order chi connectivity index (χ1) is 9.89. The molecule has 1 aromatic carbocycles. The van der Waals surface area contributed by atoms with Gasteiger partial charge in [-0.2, -0.15) is 8.42 Å². The number of halogens is 1. The van der Waals surface area contributed by atoms with E-state index >= 15 is 0 Å². The Morgan fingerprint density at radius 2 is 1.95 bits per heavy atom. The number of unbranched alkanes of at least 4 members (excludes halogenated alkanes) is 1. The summed E-state index contributed by atoms with van der Waals surface area (Å²) in [6.45, 7) is 2.40. The maximum atomic E-state index is 12.7. The van der Waals surface area contributed by atoms with Crippen molar-refractivity contribution in [3.8, 4) is 0 Å². The standard InChI is InChI=1S/C15H20FNO3S/c1-2-3-4-12-5-7-14(8-6-12)17-10-13(9-15(17)18)11-21(16,19)20/h5-8,13H,2-4,9-11H2,1H3.